The number of carbonyl (C=O) groups excluding carboxylic acids is 1. The van der Waals surface area contributed by atoms with Gasteiger partial charge in [0.05, 0.1) is 13.2 Å². The summed E-state index contributed by atoms with van der Waals surface area (Å²) in [5.41, 5.74) is 3.39. The summed E-state index contributed by atoms with van der Waals surface area (Å²) in [6.45, 7) is 1.39. The molecule has 0 atom stereocenters. The Kier molecular flexibility index (Phi) is 6.46. The number of methoxy groups -OCH3 is 1. The number of hydrogen-bond donors (Lipinski definition) is 2. The van der Waals surface area contributed by atoms with E-state index in [0.29, 0.717) is 19.7 Å². The van der Waals surface area contributed by atoms with Crippen LogP contribution in [-0.2, 0) is 28.2 Å². The SMILES string of the molecule is COCc1ccccc1CNC(=O)CNC1(c2ccc(Br)cc2)CCC1. The van der Waals surface area contributed by atoms with Crippen molar-refractivity contribution >= 4 is 21.8 Å². The van der Waals surface area contributed by atoms with Gasteiger partial charge in [-0.25, -0.2) is 0 Å². The van der Waals surface area contributed by atoms with Crippen molar-refractivity contribution < 1.29 is 9.53 Å². The zero-order valence-corrected chi connectivity index (χ0v) is 16.6. The second kappa shape index (κ2) is 8.80. The lowest BCUT2D eigenvalue weighted by Gasteiger charge is -2.43. The Hall–Kier alpha value is -1.69. The normalized spacial score (nSPS) is 15.3. The molecule has 5 heteroatoms. The van der Waals surface area contributed by atoms with Gasteiger partial charge in [-0.2, -0.15) is 0 Å². The molecule has 2 N–H and O–H groups in total. The number of rotatable bonds is 8. The molecule has 26 heavy (non-hydrogen) atoms. The minimum atomic E-state index is -0.0635. The van der Waals surface area contributed by atoms with Crippen molar-refractivity contribution in [3.63, 3.8) is 0 Å². The number of hydrogen-bond acceptors (Lipinski definition) is 3. The van der Waals surface area contributed by atoms with Gasteiger partial charge in [-0.15, -0.1) is 0 Å². The largest absolute Gasteiger partial charge is 0.380 e. The smallest absolute Gasteiger partial charge is 0.234 e. The third-order valence-corrected chi connectivity index (χ3v) is 5.61. The molecule has 2 aromatic carbocycles. The molecule has 1 saturated carbocycles. The van der Waals surface area contributed by atoms with Gasteiger partial charge in [0, 0.05) is 23.7 Å². The summed E-state index contributed by atoms with van der Waals surface area (Å²) in [7, 11) is 1.68. The highest BCUT2D eigenvalue weighted by molar-refractivity contribution is 9.10. The fourth-order valence-electron chi connectivity index (χ4n) is 3.40. The third-order valence-electron chi connectivity index (χ3n) is 5.09. The quantitative estimate of drug-likeness (QED) is 0.686. The van der Waals surface area contributed by atoms with Gasteiger partial charge in [0.15, 0.2) is 0 Å². The van der Waals surface area contributed by atoms with Crippen LogP contribution in [0.3, 0.4) is 0 Å². The Morgan fingerprint density at radius 2 is 1.81 bits per heavy atom. The average Bonchev–Trinajstić information content (AvgIpc) is 2.62. The van der Waals surface area contributed by atoms with Crippen LogP contribution in [-0.4, -0.2) is 19.6 Å². The minimum Gasteiger partial charge on any atom is -0.380 e. The van der Waals surface area contributed by atoms with E-state index in [4.69, 9.17) is 4.74 Å². The van der Waals surface area contributed by atoms with Gasteiger partial charge in [-0.1, -0.05) is 52.3 Å². The first-order valence-electron chi connectivity index (χ1n) is 8.96. The maximum absolute atomic E-state index is 12.3. The van der Waals surface area contributed by atoms with Gasteiger partial charge in [0.2, 0.25) is 5.91 Å². The minimum absolute atomic E-state index is 0.0145. The summed E-state index contributed by atoms with van der Waals surface area (Å²) in [6.07, 6.45) is 3.33. The summed E-state index contributed by atoms with van der Waals surface area (Å²) in [5.74, 6) is 0.0145. The van der Waals surface area contributed by atoms with E-state index in [1.807, 2.05) is 24.3 Å². The molecule has 0 bridgehead atoms. The van der Waals surface area contributed by atoms with Crippen molar-refractivity contribution in [3.8, 4) is 0 Å². The van der Waals surface area contributed by atoms with Crippen LogP contribution in [0.15, 0.2) is 53.0 Å². The van der Waals surface area contributed by atoms with Crippen molar-refractivity contribution in [1.82, 2.24) is 10.6 Å². The molecule has 1 amide bonds. The van der Waals surface area contributed by atoms with Gasteiger partial charge in [0.25, 0.3) is 0 Å². The van der Waals surface area contributed by atoms with Crippen molar-refractivity contribution in [3.05, 3.63) is 69.7 Å². The number of ether oxygens (including phenoxy) is 1. The zero-order valence-electron chi connectivity index (χ0n) is 15.1. The molecule has 4 nitrogen and oxygen atoms in total. The van der Waals surface area contributed by atoms with Crippen LogP contribution in [0.5, 0.6) is 0 Å². The van der Waals surface area contributed by atoms with Gasteiger partial charge in [-0.05, 0) is 48.1 Å². The summed E-state index contributed by atoms with van der Waals surface area (Å²) in [4.78, 5) is 12.3. The van der Waals surface area contributed by atoms with Gasteiger partial charge in [-0.3, -0.25) is 10.1 Å². The van der Waals surface area contributed by atoms with Crippen molar-refractivity contribution in [2.24, 2.45) is 0 Å². The van der Waals surface area contributed by atoms with Crippen LogP contribution in [0.4, 0.5) is 0 Å². The topological polar surface area (TPSA) is 50.4 Å². The van der Waals surface area contributed by atoms with Crippen LogP contribution in [0, 0.1) is 0 Å². The van der Waals surface area contributed by atoms with Crippen LogP contribution in [0.25, 0.3) is 0 Å². The van der Waals surface area contributed by atoms with Crippen LogP contribution >= 0.6 is 15.9 Å². The fraction of sp³-hybridized carbons (Fsp3) is 0.381. The van der Waals surface area contributed by atoms with E-state index in [2.05, 4.69) is 50.8 Å². The van der Waals surface area contributed by atoms with Gasteiger partial charge in [0.1, 0.15) is 0 Å². The molecule has 0 spiro atoms. The fourth-order valence-corrected chi connectivity index (χ4v) is 3.66. The second-order valence-electron chi connectivity index (χ2n) is 6.77. The van der Waals surface area contributed by atoms with E-state index in [0.717, 1.165) is 28.4 Å². The molecular weight excluding hydrogens is 392 g/mol. The van der Waals surface area contributed by atoms with Gasteiger partial charge < -0.3 is 10.1 Å². The van der Waals surface area contributed by atoms with Crippen LogP contribution in [0.2, 0.25) is 0 Å². The number of halogens is 1. The Morgan fingerprint density at radius 3 is 2.42 bits per heavy atom. The monoisotopic (exact) mass is 416 g/mol. The summed E-state index contributed by atoms with van der Waals surface area (Å²) >= 11 is 3.48. The highest BCUT2D eigenvalue weighted by Crippen LogP contribution is 2.41. The van der Waals surface area contributed by atoms with Crippen LogP contribution < -0.4 is 10.6 Å². The Labute approximate surface area is 163 Å². The maximum Gasteiger partial charge on any atom is 0.234 e. The predicted molar refractivity (Wildman–Crippen MR) is 107 cm³/mol. The van der Waals surface area contributed by atoms with E-state index in [9.17, 15) is 4.79 Å². The standard InChI is InChI=1S/C21H25BrN2O2/c1-26-15-17-6-3-2-5-16(17)13-23-20(25)14-24-21(11-4-12-21)18-7-9-19(22)10-8-18/h2-3,5-10,24H,4,11-15H2,1H3,(H,23,25). The molecule has 138 valence electrons. The number of nitrogens with one attached hydrogen (secondary N) is 2. The molecule has 0 saturated heterocycles. The molecule has 1 aliphatic carbocycles. The highest BCUT2D eigenvalue weighted by atomic mass is 79.9. The van der Waals surface area contributed by atoms with Crippen molar-refractivity contribution in [2.45, 2.75) is 38.0 Å². The lowest BCUT2D eigenvalue weighted by atomic mass is 9.72. The molecule has 3 rings (SSSR count). The molecule has 0 aromatic heterocycles. The lowest BCUT2D eigenvalue weighted by Crippen LogP contribution is -2.51. The summed E-state index contributed by atoms with van der Waals surface area (Å²) in [6, 6.07) is 16.4. The Morgan fingerprint density at radius 1 is 1.12 bits per heavy atom. The second-order valence-corrected chi connectivity index (χ2v) is 7.69. The zero-order chi connectivity index (χ0) is 18.4. The molecule has 2 aromatic rings. The molecule has 1 fully saturated rings. The average molecular weight is 417 g/mol. The predicted octanol–water partition coefficient (Wildman–Crippen LogP) is 3.88. The number of carbonyl (C=O) groups is 1. The molecule has 1 aliphatic rings. The number of benzene rings is 2. The molecule has 0 heterocycles. The van der Waals surface area contributed by atoms with E-state index in [1.165, 1.54) is 12.0 Å². The summed E-state index contributed by atoms with van der Waals surface area (Å²) in [5, 5.41) is 6.51. The van der Waals surface area contributed by atoms with E-state index < -0.39 is 0 Å². The van der Waals surface area contributed by atoms with E-state index in [-0.39, 0.29) is 11.4 Å². The van der Waals surface area contributed by atoms with E-state index in [1.54, 1.807) is 7.11 Å². The van der Waals surface area contributed by atoms with Crippen LogP contribution in [0.1, 0.15) is 36.0 Å². The Bertz CT molecular complexity index is 742. The maximum atomic E-state index is 12.3. The molecule has 0 unspecified atom stereocenters. The third kappa shape index (κ3) is 4.53. The lowest BCUT2D eigenvalue weighted by molar-refractivity contribution is -0.121. The van der Waals surface area contributed by atoms with E-state index >= 15 is 0 Å². The van der Waals surface area contributed by atoms with Gasteiger partial charge >= 0.3 is 0 Å². The molecule has 0 radical (unpaired) electrons. The molecular formula is C21H25BrN2O2. The highest BCUT2D eigenvalue weighted by Gasteiger charge is 2.38. The summed E-state index contributed by atoms with van der Waals surface area (Å²) < 4.78 is 6.29. The van der Waals surface area contributed by atoms with Crippen molar-refractivity contribution in [2.75, 3.05) is 13.7 Å². The number of amides is 1. The Balaban J connectivity index is 1.54. The first-order chi connectivity index (χ1) is 12.6. The first-order valence-corrected chi connectivity index (χ1v) is 9.76. The van der Waals surface area contributed by atoms with Crippen molar-refractivity contribution in [1.29, 1.82) is 0 Å². The first kappa shape index (κ1) is 19.1. The molecule has 0 aliphatic heterocycles.